The van der Waals surface area contributed by atoms with Crippen LogP contribution >= 0.6 is 11.6 Å². The largest absolute Gasteiger partial charge is 0.349 e. The first-order chi connectivity index (χ1) is 10.1. The summed E-state index contributed by atoms with van der Waals surface area (Å²) in [4.78, 5) is 12.5. The van der Waals surface area contributed by atoms with Crippen molar-refractivity contribution in [2.24, 2.45) is 11.3 Å². The van der Waals surface area contributed by atoms with Crippen LogP contribution in [0.5, 0.6) is 0 Å². The van der Waals surface area contributed by atoms with Crippen LogP contribution in [0, 0.1) is 11.3 Å². The van der Waals surface area contributed by atoms with Gasteiger partial charge in [-0.1, -0.05) is 30.7 Å². The van der Waals surface area contributed by atoms with E-state index in [0.29, 0.717) is 5.41 Å². The van der Waals surface area contributed by atoms with Crippen molar-refractivity contribution in [1.29, 1.82) is 0 Å². The van der Waals surface area contributed by atoms with Gasteiger partial charge in [0.25, 0.3) is 0 Å². The zero-order chi connectivity index (χ0) is 14.9. The standard InChI is InChI=1S/C17H23ClN2O/c1-2-15(12-3-5-13(18)6-4-12)20-16(21)14-11-17(14)7-9-19-10-8-17/h3-6,14-15,19H,2,7-11H2,1H3,(H,20,21). The van der Waals surface area contributed by atoms with Crippen LogP contribution in [0.2, 0.25) is 5.02 Å². The third kappa shape index (κ3) is 3.09. The Kier molecular flexibility index (Phi) is 4.23. The van der Waals surface area contributed by atoms with E-state index >= 15 is 0 Å². The molecule has 1 aromatic carbocycles. The fraction of sp³-hybridized carbons (Fsp3) is 0.588. The highest BCUT2D eigenvalue weighted by Gasteiger charge is 2.57. The fourth-order valence-electron chi connectivity index (χ4n) is 3.58. The summed E-state index contributed by atoms with van der Waals surface area (Å²) in [5, 5.41) is 7.34. The van der Waals surface area contributed by atoms with Crippen molar-refractivity contribution in [3.63, 3.8) is 0 Å². The highest BCUT2D eigenvalue weighted by molar-refractivity contribution is 6.30. The Morgan fingerprint density at radius 3 is 2.67 bits per heavy atom. The fourth-order valence-corrected chi connectivity index (χ4v) is 3.71. The third-order valence-corrected chi connectivity index (χ3v) is 5.35. The molecule has 21 heavy (non-hydrogen) atoms. The molecule has 2 atom stereocenters. The molecule has 0 radical (unpaired) electrons. The molecule has 2 aliphatic rings. The van der Waals surface area contributed by atoms with Crippen molar-refractivity contribution in [2.75, 3.05) is 13.1 Å². The van der Waals surface area contributed by atoms with Gasteiger partial charge >= 0.3 is 0 Å². The van der Waals surface area contributed by atoms with E-state index in [9.17, 15) is 4.79 Å². The Morgan fingerprint density at radius 2 is 2.05 bits per heavy atom. The van der Waals surface area contributed by atoms with Gasteiger partial charge in [-0.05, 0) is 61.9 Å². The molecule has 4 heteroatoms. The summed E-state index contributed by atoms with van der Waals surface area (Å²) in [5.74, 6) is 0.458. The van der Waals surface area contributed by atoms with E-state index in [4.69, 9.17) is 11.6 Å². The van der Waals surface area contributed by atoms with E-state index in [-0.39, 0.29) is 17.9 Å². The first kappa shape index (κ1) is 14.9. The molecule has 3 rings (SSSR count). The van der Waals surface area contributed by atoms with E-state index in [0.717, 1.165) is 49.4 Å². The van der Waals surface area contributed by atoms with E-state index in [1.54, 1.807) is 0 Å². The summed E-state index contributed by atoms with van der Waals surface area (Å²) in [5.41, 5.74) is 1.43. The number of hydrogen-bond acceptors (Lipinski definition) is 2. The minimum absolute atomic E-state index is 0.0918. The highest BCUT2D eigenvalue weighted by Crippen LogP contribution is 2.58. The lowest BCUT2D eigenvalue weighted by Crippen LogP contribution is -2.35. The number of piperidine rings is 1. The predicted molar refractivity (Wildman–Crippen MR) is 85.3 cm³/mol. The Morgan fingerprint density at radius 1 is 1.38 bits per heavy atom. The van der Waals surface area contributed by atoms with Crippen LogP contribution in [0.4, 0.5) is 0 Å². The van der Waals surface area contributed by atoms with Gasteiger partial charge in [0.1, 0.15) is 0 Å². The van der Waals surface area contributed by atoms with Gasteiger partial charge in [0.05, 0.1) is 6.04 Å². The summed E-state index contributed by atoms with van der Waals surface area (Å²) in [6.07, 6.45) is 4.25. The van der Waals surface area contributed by atoms with Crippen molar-refractivity contribution in [3.05, 3.63) is 34.9 Å². The van der Waals surface area contributed by atoms with Gasteiger partial charge in [0.15, 0.2) is 0 Å². The molecule has 114 valence electrons. The number of carbonyl (C=O) groups is 1. The lowest BCUT2D eigenvalue weighted by Gasteiger charge is -2.24. The number of amides is 1. The van der Waals surface area contributed by atoms with Gasteiger partial charge in [0, 0.05) is 10.9 Å². The maximum absolute atomic E-state index is 12.5. The van der Waals surface area contributed by atoms with Crippen LogP contribution in [0.3, 0.4) is 0 Å². The number of nitrogens with one attached hydrogen (secondary N) is 2. The van der Waals surface area contributed by atoms with Gasteiger partial charge in [-0.3, -0.25) is 4.79 Å². The van der Waals surface area contributed by atoms with E-state index in [2.05, 4.69) is 17.6 Å². The van der Waals surface area contributed by atoms with Crippen LogP contribution in [-0.2, 0) is 4.79 Å². The second-order valence-electron chi connectivity index (χ2n) is 6.39. The molecule has 1 aromatic rings. The Hall–Kier alpha value is -1.06. The number of rotatable bonds is 4. The van der Waals surface area contributed by atoms with E-state index in [1.807, 2.05) is 24.3 Å². The average molecular weight is 307 g/mol. The Labute approximate surface area is 131 Å². The van der Waals surface area contributed by atoms with Gasteiger partial charge in [-0.15, -0.1) is 0 Å². The minimum atomic E-state index is 0.0918. The average Bonchev–Trinajstić information content (AvgIpc) is 3.20. The zero-order valence-electron chi connectivity index (χ0n) is 12.5. The Balaban J connectivity index is 1.62. The Bertz CT molecular complexity index is 508. The summed E-state index contributed by atoms with van der Waals surface area (Å²) in [6, 6.07) is 7.87. The number of halogens is 1. The summed E-state index contributed by atoms with van der Waals surface area (Å²) >= 11 is 5.93. The SMILES string of the molecule is CCC(NC(=O)C1CC12CCNCC2)c1ccc(Cl)cc1. The molecule has 1 spiro atoms. The second kappa shape index (κ2) is 5.98. The second-order valence-corrected chi connectivity index (χ2v) is 6.83. The summed E-state index contributed by atoms with van der Waals surface area (Å²) < 4.78 is 0. The highest BCUT2D eigenvalue weighted by atomic mass is 35.5. The first-order valence-electron chi connectivity index (χ1n) is 7.91. The van der Waals surface area contributed by atoms with E-state index in [1.165, 1.54) is 0 Å². The molecule has 3 nitrogen and oxygen atoms in total. The molecule has 1 heterocycles. The van der Waals surface area contributed by atoms with Crippen molar-refractivity contribution in [2.45, 2.75) is 38.6 Å². The summed E-state index contributed by atoms with van der Waals surface area (Å²) in [7, 11) is 0. The third-order valence-electron chi connectivity index (χ3n) is 5.10. The monoisotopic (exact) mass is 306 g/mol. The molecule has 1 aliphatic carbocycles. The van der Waals surface area contributed by atoms with Crippen LogP contribution in [0.15, 0.2) is 24.3 Å². The molecule has 0 aromatic heterocycles. The topological polar surface area (TPSA) is 41.1 Å². The van der Waals surface area contributed by atoms with Gasteiger partial charge in [-0.25, -0.2) is 0 Å². The van der Waals surface area contributed by atoms with Crippen LogP contribution < -0.4 is 10.6 Å². The first-order valence-corrected chi connectivity index (χ1v) is 8.29. The van der Waals surface area contributed by atoms with Crippen molar-refractivity contribution in [1.82, 2.24) is 10.6 Å². The number of carbonyl (C=O) groups excluding carboxylic acids is 1. The predicted octanol–water partition coefficient (Wildman–Crippen LogP) is 3.30. The molecule has 1 aliphatic heterocycles. The molecule has 2 N–H and O–H groups in total. The van der Waals surface area contributed by atoms with Crippen LogP contribution in [0.1, 0.15) is 44.2 Å². The molecule has 1 amide bonds. The molecule has 2 unspecified atom stereocenters. The summed E-state index contributed by atoms with van der Waals surface area (Å²) in [6.45, 7) is 4.21. The number of benzene rings is 1. The number of hydrogen-bond donors (Lipinski definition) is 2. The van der Waals surface area contributed by atoms with Crippen molar-refractivity contribution in [3.8, 4) is 0 Å². The quantitative estimate of drug-likeness (QED) is 0.896. The zero-order valence-corrected chi connectivity index (χ0v) is 13.2. The molecule has 1 saturated carbocycles. The van der Waals surface area contributed by atoms with Crippen LogP contribution in [-0.4, -0.2) is 19.0 Å². The van der Waals surface area contributed by atoms with Gasteiger partial charge in [-0.2, -0.15) is 0 Å². The maximum Gasteiger partial charge on any atom is 0.224 e. The van der Waals surface area contributed by atoms with Crippen molar-refractivity contribution < 1.29 is 4.79 Å². The molecule has 0 bridgehead atoms. The van der Waals surface area contributed by atoms with Gasteiger partial charge < -0.3 is 10.6 Å². The normalized spacial score (nSPS) is 24.6. The molecular weight excluding hydrogens is 284 g/mol. The lowest BCUT2D eigenvalue weighted by molar-refractivity contribution is -0.124. The lowest BCUT2D eigenvalue weighted by atomic mass is 9.91. The molecular formula is C17H23ClN2O. The van der Waals surface area contributed by atoms with Crippen LogP contribution in [0.25, 0.3) is 0 Å². The van der Waals surface area contributed by atoms with Crippen molar-refractivity contribution >= 4 is 17.5 Å². The maximum atomic E-state index is 12.5. The van der Waals surface area contributed by atoms with Gasteiger partial charge in [0.2, 0.25) is 5.91 Å². The smallest absolute Gasteiger partial charge is 0.224 e. The molecule has 1 saturated heterocycles. The minimum Gasteiger partial charge on any atom is -0.349 e. The van der Waals surface area contributed by atoms with E-state index < -0.39 is 0 Å². The molecule has 2 fully saturated rings.